The molecule has 1 N–H and O–H groups in total. The van der Waals surface area contributed by atoms with E-state index >= 15 is 0 Å². The molecule has 0 aromatic carbocycles. The highest BCUT2D eigenvalue weighted by atomic mass is 79.9. The van der Waals surface area contributed by atoms with Gasteiger partial charge in [-0.05, 0) is 30.8 Å². The van der Waals surface area contributed by atoms with Crippen LogP contribution in [0.5, 0.6) is 0 Å². The molecule has 1 spiro atoms. The Labute approximate surface area is 191 Å². The zero-order valence-electron chi connectivity index (χ0n) is 18.3. The van der Waals surface area contributed by atoms with Crippen LogP contribution in [-0.4, -0.2) is 46.3 Å². The minimum absolute atomic E-state index is 0.00784. The Morgan fingerprint density at radius 2 is 2.03 bits per heavy atom. The number of allylic oxidation sites excluding steroid dienone is 1. The molecule has 1 saturated carbocycles. The van der Waals surface area contributed by atoms with Crippen molar-refractivity contribution in [3.05, 3.63) is 22.5 Å². The molecule has 3 aliphatic carbocycles. The molecule has 0 aromatic heterocycles. The van der Waals surface area contributed by atoms with Gasteiger partial charge in [0, 0.05) is 35.3 Å². The van der Waals surface area contributed by atoms with E-state index in [1.54, 1.807) is 0 Å². The second-order valence-electron chi connectivity index (χ2n) is 9.69. The van der Waals surface area contributed by atoms with Crippen molar-refractivity contribution in [1.82, 2.24) is 0 Å². The Hall–Kier alpha value is -1.78. The predicted octanol–water partition coefficient (Wildman–Crippen LogP) is 3.84. The average Bonchev–Trinajstić information content (AvgIpc) is 3.35. The largest absolute Gasteiger partial charge is 0.511 e. The van der Waals surface area contributed by atoms with Gasteiger partial charge in [-0.3, -0.25) is 4.79 Å². The van der Waals surface area contributed by atoms with Crippen molar-refractivity contribution in [1.29, 1.82) is 0 Å². The van der Waals surface area contributed by atoms with Crippen LogP contribution in [-0.2, 0) is 23.8 Å². The Morgan fingerprint density at radius 3 is 2.65 bits per heavy atom. The van der Waals surface area contributed by atoms with Crippen molar-refractivity contribution in [3.8, 4) is 12.8 Å². The zero-order chi connectivity index (χ0) is 22.9. The molecule has 168 valence electrons. The summed E-state index contributed by atoms with van der Waals surface area (Å²) in [7, 11) is 0. The molecule has 0 amide bonds. The van der Waals surface area contributed by atoms with E-state index < -0.39 is 11.7 Å². The highest BCUT2D eigenvalue weighted by Gasteiger charge is 2.79. The first-order valence-electron chi connectivity index (χ1n) is 10.8. The van der Waals surface area contributed by atoms with Gasteiger partial charge in [0.25, 0.3) is 0 Å². The quantitative estimate of drug-likeness (QED) is 0.272. The summed E-state index contributed by atoms with van der Waals surface area (Å²) in [5.41, 5.74) is 1.50. The number of aliphatic hydroxyl groups excluding tert-OH is 1. The normalized spacial score (nSPS) is 42.5. The molecule has 0 bridgehead atoms. The molecular weight excluding hydrogens is 464 g/mol. The van der Waals surface area contributed by atoms with Gasteiger partial charge in [-0.1, -0.05) is 36.7 Å². The maximum atomic E-state index is 12.2. The Morgan fingerprint density at radius 1 is 1.35 bits per heavy atom. The predicted molar refractivity (Wildman–Crippen MR) is 117 cm³/mol. The molecule has 2 heterocycles. The van der Waals surface area contributed by atoms with Gasteiger partial charge in [0.2, 0.25) is 0 Å². The molecular formula is C24H29BrO6. The lowest BCUT2D eigenvalue weighted by Crippen LogP contribution is -2.60. The highest BCUT2D eigenvalue weighted by Crippen LogP contribution is 2.72. The van der Waals surface area contributed by atoms with Crippen molar-refractivity contribution in [2.45, 2.75) is 69.6 Å². The summed E-state index contributed by atoms with van der Waals surface area (Å²) in [6.07, 6.45) is 9.70. The van der Waals surface area contributed by atoms with E-state index in [-0.39, 0.29) is 58.4 Å². The fraction of sp³-hybridized carbons (Fsp3) is 0.667. The van der Waals surface area contributed by atoms with Crippen LogP contribution in [0, 0.1) is 36.0 Å². The molecule has 0 radical (unpaired) electrons. The van der Waals surface area contributed by atoms with Gasteiger partial charge in [-0.2, -0.15) is 0 Å². The van der Waals surface area contributed by atoms with Crippen LogP contribution in [0.2, 0.25) is 0 Å². The average molecular weight is 493 g/mol. The van der Waals surface area contributed by atoms with Crippen molar-refractivity contribution in [2.24, 2.45) is 23.2 Å². The van der Waals surface area contributed by atoms with Crippen LogP contribution in [0.3, 0.4) is 0 Å². The van der Waals surface area contributed by atoms with Crippen LogP contribution >= 0.6 is 15.9 Å². The highest BCUT2D eigenvalue weighted by molar-refractivity contribution is 9.09. The number of hydrogen-bond donors (Lipinski definition) is 1. The fourth-order valence-electron chi connectivity index (χ4n) is 6.67. The summed E-state index contributed by atoms with van der Waals surface area (Å²) < 4.78 is 17.6. The lowest BCUT2D eigenvalue weighted by molar-refractivity contribution is -0.150. The second kappa shape index (κ2) is 7.38. The number of carbonyl (C=O) groups is 2. The Balaban J connectivity index is 0.00000112. The molecule has 6 nitrogen and oxygen atoms in total. The van der Waals surface area contributed by atoms with Crippen molar-refractivity contribution >= 4 is 27.9 Å². The van der Waals surface area contributed by atoms with E-state index in [0.717, 1.165) is 29.6 Å². The smallest absolute Gasteiger partial charge is 0.334 e. The van der Waals surface area contributed by atoms with Gasteiger partial charge in [0.1, 0.15) is 24.1 Å². The summed E-state index contributed by atoms with van der Waals surface area (Å²) in [5, 5.41) is 11.4. The molecule has 7 heteroatoms. The molecule has 2 unspecified atom stereocenters. The Bertz CT molecular complexity index is 916. The maximum Gasteiger partial charge on any atom is 0.334 e. The summed E-state index contributed by atoms with van der Waals surface area (Å²) in [5.74, 6) is -0.117. The first kappa shape index (κ1) is 22.4. The van der Waals surface area contributed by atoms with Gasteiger partial charge in [0.05, 0.1) is 10.9 Å². The number of fused-ring (bicyclic) bond motifs is 2. The maximum absolute atomic E-state index is 12.2. The van der Waals surface area contributed by atoms with Crippen molar-refractivity contribution in [2.75, 3.05) is 6.61 Å². The third-order valence-corrected chi connectivity index (χ3v) is 9.02. The number of hydrogen-bond acceptors (Lipinski definition) is 6. The van der Waals surface area contributed by atoms with E-state index in [0.29, 0.717) is 6.42 Å². The third-order valence-electron chi connectivity index (χ3n) is 8.06. The number of alkyl halides is 1. The number of terminal acetylenes is 1. The molecule has 5 rings (SSSR count). The summed E-state index contributed by atoms with van der Waals surface area (Å²) in [6, 6.07) is 0. The zero-order valence-corrected chi connectivity index (χ0v) is 19.9. The minimum atomic E-state index is -0.651. The van der Waals surface area contributed by atoms with E-state index in [1.807, 2.05) is 0 Å². The molecule has 31 heavy (non-hydrogen) atoms. The lowest BCUT2D eigenvalue weighted by Gasteiger charge is -2.54. The van der Waals surface area contributed by atoms with E-state index in [1.165, 1.54) is 6.92 Å². The number of ether oxygens (including phenoxy) is 3. The lowest BCUT2D eigenvalue weighted by atomic mass is 9.49. The van der Waals surface area contributed by atoms with Crippen LogP contribution in [0.1, 0.15) is 47.0 Å². The first-order chi connectivity index (χ1) is 14.6. The van der Waals surface area contributed by atoms with Gasteiger partial charge in [0.15, 0.2) is 0 Å². The van der Waals surface area contributed by atoms with E-state index in [9.17, 15) is 14.7 Å². The van der Waals surface area contributed by atoms with Gasteiger partial charge in [-0.15, -0.1) is 12.8 Å². The van der Waals surface area contributed by atoms with Crippen LogP contribution < -0.4 is 0 Å². The Kier molecular flexibility index (Phi) is 5.34. The van der Waals surface area contributed by atoms with E-state index in [2.05, 4.69) is 49.5 Å². The summed E-state index contributed by atoms with van der Waals surface area (Å²) >= 11 is 3.74. The van der Waals surface area contributed by atoms with Crippen molar-refractivity contribution < 1.29 is 28.9 Å². The molecule has 0 aromatic rings. The molecule has 2 aliphatic heterocycles. The number of halogens is 1. The second-order valence-corrected chi connectivity index (χ2v) is 10.7. The summed E-state index contributed by atoms with van der Waals surface area (Å²) in [4.78, 5) is 23.8. The monoisotopic (exact) mass is 492 g/mol. The van der Waals surface area contributed by atoms with Gasteiger partial charge < -0.3 is 19.3 Å². The molecule has 7 atom stereocenters. The van der Waals surface area contributed by atoms with Gasteiger partial charge >= 0.3 is 11.9 Å². The number of aliphatic hydroxyl groups is 1. The topological polar surface area (TPSA) is 85.4 Å². The van der Waals surface area contributed by atoms with Crippen LogP contribution in [0.4, 0.5) is 0 Å². The fourth-order valence-corrected chi connectivity index (χ4v) is 7.82. The van der Waals surface area contributed by atoms with Crippen molar-refractivity contribution in [3.63, 3.8) is 0 Å². The number of rotatable bonds is 2. The standard InChI is InChI=1S/C22H27BrO6.C2H2/c1-9(2)12-7-14-22(29-14)16(19(12)28-10(3)24)18(25)17(23)15-13-8-27-20(26)11(13)5-6-21(15,22)4;1-2/h9,12,14-15,17,19,25H,5-8H2,1-4H3;1-2H/t12?,14-,15?,17-,19+,21-,22-;/m0./s1. The van der Waals surface area contributed by atoms with Crippen LogP contribution in [0.25, 0.3) is 0 Å². The number of cyclic esters (lactones) is 1. The molecule has 2 fully saturated rings. The molecule has 5 aliphatic rings. The minimum Gasteiger partial charge on any atom is -0.511 e. The van der Waals surface area contributed by atoms with E-state index in [4.69, 9.17) is 14.2 Å². The summed E-state index contributed by atoms with van der Waals surface area (Å²) in [6.45, 7) is 8.13. The van der Waals surface area contributed by atoms with Gasteiger partial charge in [-0.25, -0.2) is 4.79 Å². The third kappa shape index (κ3) is 2.80. The molecule has 1 saturated heterocycles. The number of carbonyl (C=O) groups excluding carboxylic acids is 2. The van der Waals surface area contributed by atoms with Crippen LogP contribution in [0.15, 0.2) is 22.5 Å². The number of epoxide rings is 1. The first-order valence-corrected chi connectivity index (χ1v) is 11.7. The SMILES string of the molecule is C#C.CC(=O)O[C@H]1C2=C(O)[C@@H](Br)C3C4=C(CC[C@]3(C)[C@@]23O[C@H]3CC1C(C)C)C(=O)OC4. The number of esters is 2.